The van der Waals surface area contributed by atoms with E-state index in [1.165, 1.54) is 12.8 Å². The molecule has 1 atom stereocenters. The second-order valence-electron chi connectivity index (χ2n) is 8.16. The van der Waals surface area contributed by atoms with Crippen molar-refractivity contribution in [2.45, 2.75) is 78.4 Å². The fraction of sp³-hybridized carbons (Fsp3) is 0.947. The summed E-state index contributed by atoms with van der Waals surface area (Å²) in [5, 5.41) is 3.69. The number of hydrogen-bond donors (Lipinski definition) is 1. The molecule has 24 heavy (non-hydrogen) atoms. The van der Waals surface area contributed by atoms with Crippen LogP contribution in [0, 0.1) is 5.41 Å². The third-order valence-electron chi connectivity index (χ3n) is 4.88. The van der Waals surface area contributed by atoms with Crippen LogP contribution in [0.4, 0.5) is 4.79 Å². The van der Waals surface area contributed by atoms with Crippen LogP contribution in [-0.2, 0) is 9.47 Å². The lowest BCUT2D eigenvalue weighted by molar-refractivity contribution is 0.00805. The predicted octanol–water partition coefficient (Wildman–Crippen LogP) is 3.82. The van der Waals surface area contributed by atoms with Gasteiger partial charge < -0.3 is 19.7 Å². The third kappa shape index (κ3) is 6.98. The number of nitrogens with zero attached hydrogens (tertiary/aromatic N) is 1. The summed E-state index contributed by atoms with van der Waals surface area (Å²) in [6.07, 6.45) is 5.35. The minimum Gasteiger partial charge on any atom is -0.444 e. The number of likely N-dealkylation sites (tertiary alicyclic amines) is 1. The van der Waals surface area contributed by atoms with Crippen LogP contribution in [0.5, 0.6) is 0 Å². The molecule has 0 aromatic carbocycles. The van der Waals surface area contributed by atoms with Crippen LogP contribution < -0.4 is 5.32 Å². The number of amides is 1. The van der Waals surface area contributed by atoms with Gasteiger partial charge in [-0.25, -0.2) is 4.79 Å². The van der Waals surface area contributed by atoms with Gasteiger partial charge in [-0.3, -0.25) is 0 Å². The van der Waals surface area contributed by atoms with Crippen molar-refractivity contribution >= 4 is 6.09 Å². The lowest BCUT2D eigenvalue weighted by atomic mass is 9.74. The summed E-state index contributed by atoms with van der Waals surface area (Å²) in [6, 6.07) is 0.410. The molecule has 1 heterocycles. The van der Waals surface area contributed by atoms with E-state index < -0.39 is 5.60 Å². The average Bonchev–Trinajstić information content (AvgIpc) is 2.51. The van der Waals surface area contributed by atoms with Gasteiger partial charge in [-0.05, 0) is 51.9 Å². The van der Waals surface area contributed by atoms with Gasteiger partial charge >= 0.3 is 6.09 Å². The van der Waals surface area contributed by atoms with Crippen LogP contribution in [-0.4, -0.2) is 56.0 Å². The molecule has 1 rings (SSSR count). The molecular weight excluding hydrogens is 304 g/mol. The number of nitrogens with one attached hydrogen (secondary N) is 1. The standard InChI is InChI=1S/C19H38N2O3/c1-7-9-19(15-20-16(8-2)14-23-6)10-12-21(13-11-19)17(22)24-18(3,4)5/h16,20H,7-15H2,1-6H3. The highest BCUT2D eigenvalue weighted by molar-refractivity contribution is 5.68. The van der Waals surface area contributed by atoms with E-state index >= 15 is 0 Å². The Morgan fingerprint density at radius 3 is 2.33 bits per heavy atom. The normalized spacial score (nSPS) is 19.2. The molecule has 1 aliphatic heterocycles. The SMILES string of the molecule is CCCC1(CNC(CC)COC)CCN(C(=O)OC(C)(C)C)CC1. The highest BCUT2D eigenvalue weighted by Crippen LogP contribution is 2.36. The summed E-state index contributed by atoms with van der Waals surface area (Å²) in [7, 11) is 1.76. The molecular formula is C19H38N2O3. The van der Waals surface area contributed by atoms with E-state index in [2.05, 4.69) is 19.2 Å². The van der Waals surface area contributed by atoms with E-state index in [1.807, 2.05) is 25.7 Å². The molecule has 1 saturated heterocycles. The first kappa shape index (κ1) is 21.2. The Morgan fingerprint density at radius 2 is 1.88 bits per heavy atom. The Morgan fingerprint density at radius 1 is 1.25 bits per heavy atom. The Balaban J connectivity index is 2.57. The Bertz CT molecular complexity index is 371. The number of hydrogen-bond acceptors (Lipinski definition) is 4. The van der Waals surface area contributed by atoms with Crippen molar-refractivity contribution in [3.05, 3.63) is 0 Å². The second kappa shape index (κ2) is 9.62. The quantitative estimate of drug-likeness (QED) is 0.728. The fourth-order valence-electron chi connectivity index (χ4n) is 3.42. The van der Waals surface area contributed by atoms with Gasteiger partial charge in [0.2, 0.25) is 0 Å². The van der Waals surface area contributed by atoms with E-state index in [-0.39, 0.29) is 11.5 Å². The Labute approximate surface area is 148 Å². The molecule has 0 spiro atoms. The minimum absolute atomic E-state index is 0.175. The van der Waals surface area contributed by atoms with E-state index in [9.17, 15) is 4.79 Å². The van der Waals surface area contributed by atoms with E-state index in [0.29, 0.717) is 6.04 Å². The van der Waals surface area contributed by atoms with Gasteiger partial charge in [0.25, 0.3) is 0 Å². The smallest absolute Gasteiger partial charge is 0.410 e. The maximum absolute atomic E-state index is 12.3. The average molecular weight is 343 g/mol. The highest BCUT2D eigenvalue weighted by atomic mass is 16.6. The first-order chi connectivity index (χ1) is 11.2. The van der Waals surface area contributed by atoms with Crippen LogP contribution in [0.1, 0.15) is 66.7 Å². The van der Waals surface area contributed by atoms with Crippen molar-refractivity contribution in [2.24, 2.45) is 5.41 Å². The molecule has 1 fully saturated rings. The van der Waals surface area contributed by atoms with Crippen molar-refractivity contribution in [3.8, 4) is 0 Å². The van der Waals surface area contributed by atoms with Crippen LogP contribution in [0.25, 0.3) is 0 Å². The summed E-state index contributed by atoms with van der Waals surface area (Å²) in [5.74, 6) is 0. The van der Waals surface area contributed by atoms with Crippen molar-refractivity contribution in [1.29, 1.82) is 0 Å². The summed E-state index contributed by atoms with van der Waals surface area (Å²) in [5.41, 5.74) is -0.139. The third-order valence-corrected chi connectivity index (χ3v) is 4.88. The maximum Gasteiger partial charge on any atom is 0.410 e. The zero-order valence-electron chi connectivity index (χ0n) is 16.6. The van der Waals surface area contributed by atoms with Crippen LogP contribution in [0.2, 0.25) is 0 Å². The number of rotatable bonds is 8. The van der Waals surface area contributed by atoms with Gasteiger partial charge in [0.15, 0.2) is 0 Å². The molecule has 1 unspecified atom stereocenters. The number of carbonyl (C=O) groups excluding carboxylic acids is 1. The summed E-state index contributed by atoms with van der Waals surface area (Å²) >= 11 is 0. The maximum atomic E-state index is 12.3. The highest BCUT2D eigenvalue weighted by Gasteiger charge is 2.36. The lowest BCUT2D eigenvalue weighted by Gasteiger charge is -2.43. The molecule has 5 heteroatoms. The molecule has 1 amide bonds. The summed E-state index contributed by atoms with van der Waals surface area (Å²) < 4.78 is 10.8. The molecule has 5 nitrogen and oxygen atoms in total. The van der Waals surface area contributed by atoms with Gasteiger partial charge in [-0.2, -0.15) is 0 Å². The first-order valence-corrected chi connectivity index (χ1v) is 9.45. The Hall–Kier alpha value is -0.810. The van der Waals surface area contributed by atoms with E-state index in [0.717, 1.165) is 45.5 Å². The van der Waals surface area contributed by atoms with Crippen molar-refractivity contribution < 1.29 is 14.3 Å². The van der Waals surface area contributed by atoms with Gasteiger partial charge in [0.05, 0.1) is 6.61 Å². The van der Waals surface area contributed by atoms with Gasteiger partial charge in [0.1, 0.15) is 5.60 Å². The molecule has 0 radical (unpaired) electrons. The van der Waals surface area contributed by atoms with E-state index in [4.69, 9.17) is 9.47 Å². The van der Waals surface area contributed by atoms with Crippen LogP contribution >= 0.6 is 0 Å². The molecule has 0 aliphatic carbocycles. The molecule has 1 aliphatic rings. The lowest BCUT2D eigenvalue weighted by Crippen LogP contribution is -2.50. The molecule has 1 N–H and O–H groups in total. The summed E-state index contributed by atoms with van der Waals surface area (Å²) in [6.45, 7) is 13.5. The number of methoxy groups -OCH3 is 1. The Kier molecular flexibility index (Phi) is 8.51. The minimum atomic E-state index is -0.426. The van der Waals surface area contributed by atoms with Gasteiger partial charge in [-0.1, -0.05) is 20.3 Å². The zero-order chi connectivity index (χ0) is 18.2. The predicted molar refractivity (Wildman–Crippen MR) is 98.3 cm³/mol. The summed E-state index contributed by atoms with van der Waals surface area (Å²) in [4.78, 5) is 14.1. The topological polar surface area (TPSA) is 50.8 Å². The van der Waals surface area contributed by atoms with Crippen LogP contribution in [0.15, 0.2) is 0 Å². The monoisotopic (exact) mass is 342 g/mol. The fourth-order valence-corrected chi connectivity index (χ4v) is 3.42. The zero-order valence-corrected chi connectivity index (χ0v) is 16.6. The van der Waals surface area contributed by atoms with Crippen molar-refractivity contribution in [1.82, 2.24) is 10.2 Å². The van der Waals surface area contributed by atoms with Crippen molar-refractivity contribution in [2.75, 3.05) is 33.4 Å². The second-order valence-corrected chi connectivity index (χ2v) is 8.16. The molecule has 0 bridgehead atoms. The van der Waals surface area contributed by atoms with Crippen molar-refractivity contribution in [3.63, 3.8) is 0 Å². The van der Waals surface area contributed by atoms with Gasteiger partial charge in [0, 0.05) is 32.8 Å². The largest absolute Gasteiger partial charge is 0.444 e. The first-order valence-electron chi connectivity index (χ1n) is 9.45. The number of ether oxygens (including phenoxy) is 2. The van der Waals surface area contributed by atoms with Gasteiger partial charge in [-0.15, -0.1) is 0 Å². The molecule has 0 saturated carbocycles. The van der Waals surface area contributed by atoms with E-state index in [1.54, 1.807) is 7.11 Å². The van der Waals surface area contributed by atoms with Crippen LogP contribution in [0.3, 0.4) is 0 Å². The molecule has 0 aromatic heterocycles. The molecule has 0 aromatic rings. The molecule has 142 valence electrons. The number of piperidine rings is 1. The number of carbonyl (C=O) groups is 1.